The quantitative estimate of drug-likeness (QED) is 0.565. The molecule has 0 fully saturated rings. The minimum Gasteiger partial charge on any atom is -0.382 e. The molecule has 0 aromatic carbocycles. The second-order valence-corrected chi connectivity index (χ2v) is 2.74. The Labute approximate surface area is 77.6 Å². The fourth-order valence-electron chi connectivity index (χ4n) is 0.968. The number of unbranched alkanes of at least 4 members (excludes halogenated alkanes) is 1. The Morgan fingerprint density at radius 1 is 1.38 bits per heavy atom. The minimum atomic E-state index is 0.489. The van der Waals surface area contributed by atoms with Gasteiger partial charge in [-0.2, -0.15) is 0 Å². The lowest BCUT2D eigenvalue weighted by Crippen LogP contribution is -2.08. The van der Waals surface area contributed by atoms with Crippen molar-refractivity contribution in [2.24, 2.45) is 5.73 Å². The maximum atomic E-state index is 5.60. The Hall–Kier alpha value is -1.36. The van der Waals surface area contributed by atoms with Crippen molar-refractivity contribution in [3.8, 4) is 0 Å². The maximum absolute atomic E-state index is 5.60. The van der Waals surface area contributed by atoms with Crippen LogP contribution in [0.1, 0.15) is 12.8 Å². The highest BCUT2D eigenvalue weighted by Crippen LogP contribution is 2.11. The van der Waals surface area contributed by atoms with Gasteiger partial charge in [0.15, 0.2) is 0 Å². The summed E-state index contributed by atoms with van der Waals surface area (Å²) in [5.41, 5.74) is 11.7. The molecular weight excluding hydrogens is 166 g/mol. The number of nitrogens with zero attached hydrogens (tertiary/aromatic N) is 2. The lowest BCUT2D eigenvalue weighted by Gasteiger charge is -2.06. The molecule has 1 rings (SSSR count). The van der Waals surface area contributed by atoms with Crippen molar-refractivity contribution in [2.45, 2.75) is 12.8 Å². The number of nitrogens with two attached hydrogens (primary N) is 2. The van der Waals surface area contributed by atoms with Crippen LogP contribution in [0.4, 0.5) is 11.5 Å². The molecule has 5 N–H and O–H groups in total. The number of hydrogen-bond donors (Lipinski definition) is 3. The summed E-state index contributed by atoms with van der Waals surface area (Å²) >= 11 is 0. The molecule has 5 heteroatoms. The molecule has 0 aliphatic rings. The van der Waals surface area contributed by atoms with Gasteiger partial charge in [0.1, 0.15) is 12.1 Å². The van der Waals surface area contributed by atoms with Gasteiger partial charge < -0.3 is 16.8 Å². The van der Waals surface area contributed by atoms with Gasteiger partial charge in [-0.15, -0.1) is 0 Å². The molecule has 1 aromatic rings. The van der Waals surface area contributed by atoms with Gasteiger partial charge >= 0.3 is 0 Å². The first-order valence-corrected chi connectivity index (χ1v) is 4.34. The molecule has 0 spiro atoms. The Kier molecular flexibility index (Phi) is 3.98. The van der Waals surface area contributed by atoms with E-state index < -0.39 is 0 Å². The van der Waals surface area contributed by atoms with Crippen molar-refractivity contribution < 1.29 is 0 Å². The molecule has 13 heavy (non-hydrogen) atoms. The number of aromatic nitrogens is 2. The third kappa shape index (κ3) is 3.25. The lowest BCUT2D eigenvalue weighted by molar-refractivity contribution is 0.774. The highest BCUT2D eigenvalue weighted by atomic mass is 15.0. The van der Waals surface area contributed by atoms with Gasteiger partial charge in [-0.1, -0.05) is 0 Å². The Morgan fingerprint density at radius 2 is 2.23 bits per heavy atom. The summed E-state index contributed by atoms with van der Waals surface area (Å²) in [7, 11) is 0. The van der Waals surface area contributed by atoms with E-state index in [-0.39, 0.29) is 0 Å². The topological polar surface area (TPSA) is 89.8 Å². The number of hydrogen-bond acceptors (Lipinski definition) is 5. The van der Waals surface area contributed by atoms with Crippen LogP contribution in [0.25, 0.3) is 0 Å². The zero-order valence-corrected chi connectivity index (χ0v) is 7.53. The van der Waals surface area contributed by atoms with Gasteiger partial charge in [0.2, 0.25) is 0 Å². The number of rotatable bonds is 5. The molecule has 0 aliphatic heterocycles. The van der Waals surface area contributed by atoms with Crippen LogP contribution in [-0.4, -0.2) is 23.1 Å². The zero-order chi connectivity index (χ0) is 9.52. The van der Waals surface area contributed by atoms with Crippen LogP contribution in [0, 0.1) is 0 Å². The van der Waals surface area contributed by atoms with Gasteiger partial charge in [0, 0.05) is 6.54 Å². The van der Waals surface area contributed by atoms with Gasteiger partial charge in [-0.3, -0.25) is 0 Å². The average molecular weight is 181 g/mol. The highest BCUT2D eigenvalue weighted by molar-refractivity contribution is 5.59. The normalized spacial score (nSPS) is 9.92. The van der Waals surface area contributed by atoms with Crippen molar-refractivity contribution in [3.05, 3.63) is 12.5 Å². The van der Waals surface area contributed by atoms with Gasteiger partial charge in [-0.05, 0) is 19.4 Å². The van der Waals surface area contributed by atoms with E-state index in [1.54, 1.807) is 6.20 Å². The maximum Gasteiger partial charge on any atom is 0.150 e. The SMILES string of the molecule is NCCCCNc1cncnc1N. The van der Waals surface area contributed by atoms with Crippen molar-refractivity contribution in [3.63, 3.8) is 0 Å². The van der Waals surface area contributed by atoms with Crippen LogP contribution in [0.2, 0.25) is 0 Å². The molecular formula is C8H15N5. The van der Waals surface area contributed by atoms with Crippen LogP contribution in [0.5, 0.6) is 0 Å². The van der Waals surface area contributed by atoms with Crippen LogP contribution >= 0.6 is 0 Å². The summed E-state index contributed by atoms with van der Waals surface area (Å²) in [6.45, 7) is 1.58. The van der Waals surface area contributed by atoms with Crippen LogP contribution < -0.4 is 16.8 Å². The summed E-state index contributed by atoms with van der Waals surface area (Å²) in [6, 6.07) is 0. The van der Waals surface area contributed by atoms with Gasteiger partial charge in [0.25, 0.3) is 0 Å². The number of anilines is 2. The van der Waals surface area contributed by atoms with Gasteiger partial charge in [0.05, 0.1) is 11.9 Å². The van der Waals surface area contributed by atoms with Crippen molar-refractivity contribution in [2.75, 3.05) is 24.1 Å². The summed E-state index contributed by atoms with van der Waals surface area (Å²) in [4.78, 5) is 7.72. The smallest absolute Gasteiger partial charge is 0.150 e. The van der Waals surface area contributed by atoms with E-state index in [0.717, 1.165) is 31.6 Å². The summed E-state index contributed by atoms with van der Waals surface area (Å²) in [6.07, 6.45) is 5.15. The van der Waals surface area contributed by atoms with Crippen LogP contribution in [0.3, 0.4) is 0 Å². The molecule has 0 amide bonds. The summed E-state index contributed by atoms with van der Waals surface area (Å²) in [5, 5.41) is 3.14. The molecule has 0 atom stereocenters. The molecule has 5 nitrogen and oxygen atoms in total. The second kappa shape index (κ2) is 5.31. The van der Waals surface area contributed by atoms with Crippen LogP contribution in [0.15, 0.2) is 12.5 Å². The molecule has 0 aliphatic carbocycles. The van der Waals surface area contributed by atoms with Crippen molar-refractivity contribution in [1.29, 1.82) is 0 Å². The fraction of sp³-hybridized carbons (Fsp3) is 0.500. The second-order valence-electron chi connectivity index (χ2n) is 2.74. The summed E-state index contributed by atoms with van der Waals surface area (Å²) in [5.74, 6) is 0.489. The average Bonchev–Trinajstić information content (AvgIpc) is 2.15. The molecule has 0 saturated heterocycles. The first kappa shape index (κ1) is 9.73. The van der Waals surface area contributed by atoms with Gasteiger partial charge in [-0.25, -0.2) is 9.97 Å². The largest absolute Gasteiger partial charge is 0.382 e. The number of nitrogen functional groups attached to an aromatic ring is 1. The molecule has 0 unspecified atom stereocenters. The molecule has 72 valence electrons. The fourth-order valence-corrected chi connectivity index (χ4v) is 0.968. The first-order valence-electron chi connectivity index (χ1n) is 4.34. The van der Waals surface area contributed by atoms with E-state index in [9.17, 15) is 0 Å². The Bertz CT molecular complexity index is 250. The lowest BCUT2D eigenvalue weighted by atomic mass is 10.3. The molecule has 1 heterocycles. The van der Waals surface area contributed by atoms with E-state index >= 15 is 0 Å². The molecule has 0 bridgehead atoms. The first-order chi connectivity index (χ1) is 6.34. The molecule has 0 radical (unpaired) electrons. The third-order valence-corrected chi connectivity index (χ3v) is 1.69. The van der Waals surface area contributed by atoms with E-state index in [0.29, 0.717) is 5.82 Å². The van der Waals surface area contributed by atoms with E-state index in [4.69, 9.17) is 11.5 Å². The zero-order valence-electron chi connectivity index (χ0n) is 7.53. The standard InChI is InChI=1S/C8H15N5/c9-3-1-2-4-12-7-5-11-6-13-8(7)10/h5-6,12H,1-4,9H2,(H2,10,11,13). The predicted octanol–water partition coefficient (Wildman–Crippen LogP) is 0.210. The van der Waals surface area contributed by atoms with E-state index in [1.807, 2.05) is 0 Å². The number of nitrogens with one attached hydrogen (secondary N) is 1. The monoisotopic (exact) mass is 181 g/mol. The summed E-state index contributed by atoms with van der Waals surface area (Å²) < 4.78 is 0. The van der Waals surface area contributed by atoms with E-state index in [2.05, 4.69) is 15.3 Å². The minimum absolute atomic E-state index is 0.489. The Balaban J connectivity index is 2.32. The highest BCUT2D eigenvalue weighted by Gasteiger charge is 1.96. The molecule has 0 saturated carbocycles. The predicted molar refractivity (Wildman–Crippen MR) is 53.2 cm³/mol. The Morgan fingerprint density at radius 3 is 2.92 bits per heavy atom. The third-order valence-electron chi connectivity index (χ3n) is 1.69. The van der Waals surface area contributed by atoms with Crippen molar-refractivity contribution in [1.82, 2.24) is 9.97 Å². The molecule has 1 aromatic heterocycles. The van der Waals surface area contributed by atoms with Crippen molar-refractivity contribution >= 4 is 11.5 Å². The van der Waals surface area contributed by atoms with Crippen LogP contribution in [-0.2, 0) is 0 Å². The van der Waals surface area contributed by atoms with E-state index in [1.165, 1.54) is 6.33 Å².